The van der Waals surface area contributed by atoms with Gasteiger partial charge in [-0.1, -0.05) is 12.5 Å². The van der Waals surface area contributed by atoms with E-state index < -0.39 is 6.04 Å². The van der Waals surface area contributed by atoms with Crippen LogP contribution in [0.5, 0.6) is 0 Å². The lowest BCUT2D eigenvalue weighted by Crippen LogP contribution is -2.24. The summed E-state index contributed by atoms with van der Waals surface area (Å²) in [7, 11) is 2.99. The van der Waals surface area contributed by atoms with Crippen LogP contribution in [0.3, 0.4) is 0 Å². The molecule has 0 saturated carbocycles. The van der Waals surface area contributed by atoms with E-state index in [1.54, 1.807) is 6.92 Å². The normalized spacial score (nSPS) is 14.4. The van der Waals surface area contributed by atoms with Gasteiger partial charge in [0.1, 0.15) is 0 Å². The fourth-order valence-corrected chi connectivity index (χ4v) is 1.32. The molecular weight excluding hydrogens is 218 g/mol. The van der Waals surface area contributed by atoms with Crippen molar-refractivity contribution < 1.29 is 14.6 Å². The summed E-state index contributed by atoms with van der Waals surface area (Å²) in [4.78, 5) is 0. The van der Waals surface area contributed by atoms with Crippen LogP contribution >= 0.6 is 0 Å². The summed E-state index contributed by atoms with van der Waals surface area (Å²) in [5.41, 5.74) is 6.62. The second kappa shape index (κ2) is 7.42. The Morgan fingerprint density at radius 2 is 2.12 bits per heavy atom. The summed E-state index contributed by atoms with van der Waals surface area (Å²) in [5, 5.41) is 9.11. The molecule has 0 aliphatic rings. The summed E-state index contributed by atoms with van der Waals surface area (Å²) in [6.45, 7) is 5.19. The third-order valence-corrected chi connectivity index (χ3v) is 2.23. The van der Waals surface area contributed by atoms with Crippen LogP contribution in [0.4, 0.5) is 0 Å². The molecule has 0 bridgehead atoms. The lowest BCUT2D eigenvalue weighted by Gasteiger charge is -2.17. The van der Waals surface area contributed by atoms with E-state index in [1.807, 2.05) is 0 Å². The van der Waals surface area contributed by atoms with Crippen molar-refractivity contribution in [2.45, 2.75) is 19.4 Å². The lowest BCUT2D eigenvalue weighted by atomic mass is 10.0. The molecule has 0 heterocycles. The van der Waals surface area contributed by atoms with Gasteiger partial charge in [-0.05, 0) is 12.5 Å². The first-order chi connectivity index (χ1) is 7.97. The Bertz CT molecular complexity index is 375. The standard InChI is InChI=1S/C13H19NO3/c1-6-7-12(16-4)13(17-5)10(3)11(14)8-9(2)15/h1,7,11,15H,2,8,14H2,3-5H3/b12-7+,13-10-/t11-/m0/s1. The van der Waals surface area contributed by atoms with Gasteiger partial charge < -0.3 is 20.3 Å². The predicted molar refractivity (Wildman–Crippen MR) is 68.0 cm³/mol. The molecule has 0 amide bonds. The van der Waals surface area contributed by atoms with E-state index in [0.717, 1.165) is 5.57 Å². The van der Waals surface area contributed by atoms with Crippen LogP contribution in [0.15, 0.2) is 35.5 Å². The molecule has 0 aromatic carbocycles. The maximum atomic E-state index is 9.11. The van der Waals surface area contributed by atoms with Gasteiger partial charge in [-0.25, -0.2) is 0 Å². The Hall–Kier alpha value is -1.86. The Labute approximate surface area is 102 Å². The highest BCUT2D eigenvalue weighted by atomic mass is 16.5. The minimum Gasteiger partial charge on any atom is -0.513 e. The molecular formula is C13H19NO3. The largest absolute Gasteiger partial charge is 0.513 e. The fourth-order valence-electron chi connectivity index (χ4n) is 1.32. The number of nitrogens with two attached hydrogens (primary N) is 1. The highest BCUT2D eigenvalue weighted by molar-refractivity contribution is 5.32. The predicted octanol–water partition coefficient (Wildman–Crippen LogP) is 1.86. The zero-order chi connectivity index (χ0) is 13.4. The highest BCUT2D eigenvalue weighted by Crippen LogP contribution is 2.20. The van der Waals surface area contributed by atoms with Crippen LogP contribution in [0.25, 0.3) is 0 Å². The average Bonchev–Trinajstić information content (AvgIpc) is 2.27. The number of ether oxygens (including phenoxy) is 2. The average molecular weight is 237 g/mol. The molecule has 0 aromatic rings. The van der Waals surface area contributed by atoms with Gasteiger partial charge in [0.25, 0.3) is 0 Å². The summed E-state index contributed by atoms with van der Waals surface area (Å²) in [5.74, 6) is 3.27. The first-order valence-electron chi connectivity index (χ1n) is 5.05. The molecule has 0 aliphatic carbocycles. The van der Waals surface area contributed by atoms with Gasteiger partial charge in [-0.15, -0.1) is 6.42 Å². The van der Waals surface area contributed by atoms with Crippen molar-refractivity contribution in [1.82, 2.24) is 0 Å². The second-order valence-corrected chi connectivity index (χ2v) is 3.47. The molecule has 0 saturated heterocycles. The molecule has 0 aromatic heterocycles. The summed E-state index contributed by atoms with van der Waals surface area (Å²) < 4.78 is 10.3. The monoisotopic (exact) mass is 237 g/mol. The second-order valence-electron chi connectivity index (χ2n) is 3.47. The van der Waals surface area contributed by atoms with E-state index in [9.17, 15) is 0 Å². The summed E-state index contributed by atoms with van der Waals surface area (Å²) in [6.07, 6.45) is 6.89. The highest BCUT2D eigenvalue weighted by Gasteiger charge is 2.16. The van der Waals surface area contributed by atoms with E-state index >= 15 is 0 Å². The maximum absolute atomic E-state index is 9.11. The number of allylic oxidation sites excluding steroid dienone is 1. The van der Waals surface area contributed by atoms with E-state index in [1.165, 1.54) is 20.3 Å². The quantitative estimate of drug-likeness (QED) is 0.420. The topological polar surface area (TPSA) is 64.7 Å². The van der Waals surface area contributed by atoms with Gasteiger partial charge in [0.2, 0.25) is 0 Å². The van der Waals surface area contributed by atoms with Gasteiger partial charge in [0.05, 0.1) is 20.0 Å². The van der Waals surface area contributed by atoms with Crippen LogP contribution in [0, 0.1) is 12.3 Å². The van der Waals surface area contributed by atoms with Crippen LogP contribution in [0.1, 0.15) is 13.3 Å². The molecule has 3 N–H and O–H groups in total. The van der Waals surface area contributed by atoms with Crippen LogP contribution in [-0.4, -0.2) is 25.4 Å². The maximum Gasteiger partial charge on any atom is 0.169 e. The first-order valence-corrected chi connectivity index (χ1v) is 5.05. The number of hydrogen-bond acceptors (Lipinski definition) is 4. The number of methoxy groups -OCH3 is 2. The van der Waals surface area contributed by atoms with Gasteiger partial charge >= 0.3 is 0 Å². The van der Waals surface area contributed by atoms with E-state index in [2.05, 4.69) is 12.5 Å². The Kier molecular flexibility index (Phi) is 6.61. The van der Waals surface area contributed by atoms with Gasteiger partial charge in [-0.2, -0.15) is 0 Å². The molecule has 94 valence electrons. The molecule has 4 heteroatoms. The molecule has 17 heavy (non-hydrogen) atoms. The van der Waals surface area contributed by atoms with Crippen LogP contribution in [0.2, 0.25) is 0 Å². The SMILES string of the molecule is C#C/C=C(OC)\C(OC)=C(/C)[C@@H](N)CC(=C)O. The number of aliphatic hydroxyl groups excluding tert-OH is 1. The Morgan fingerprint density at radius 1 is 1.53 bits per heavy atom. The molecule has 0 rings (SSSR count). The third-order valence-electron chi connectivity index (χ3n) is 2.23. The Morgan fingerprint density at radius 3 is 2.47 bits per heavy atom. The van der Waals surface area contributed by atoms with E-state index in [-0.39, 0.29) is 12.2 Å². The van der Waals surface area contributed by atoms with Crippen molar-refractivity contribution in [2.75, 3.05) is 14.2 Å². The molecule has 0 aliphatic heterocycles. The van der Waals surface area contributed by atoms with Crippen molar-refractivity contribution in [3.63, 3.8) is 0 Å². The summed E-state index contributed by atoms with van der Waals surface area (Å²) >= 11 is 0. The van der Waals surface area contributed by atoms with Crippen LogP contribution in [-0.2, 0) is 9.47 Å². The summed E-state index contributed by atoms with van der Waals surface area (Å²) in [6, 6.07) is -0.404. The molecule has 1 atom stereocenters. The van der Waals surface area contributed by atoms with Gasteiger partial charge in [-0.3, -0.25) is 0 Å². The zero-order valence-electron chi connectivity index (χ0n) is 10.5. The molecule has 0 spiro atoms. The molecule has 0 fully saturated rings. The van der Waals surface area contributed by atoms with E-state index in [4.69, 9.17) is 26.7 Å². The number of hydrogen-bond donors (Lipinski definition) is 2. The van der Waals surface area contributed by atoms with Crippen molar-refractivity contribution in [1.29, 1.82) is 0 Å². The minimum atomic E-state index is -0.404. The smallest absolute Gasteiger partial charge is 0.169 e. The third kappa shape index (κ3) is 4.66. The lowest BCUT2D eigenvalue weighted by molar-refractivity contribution is 0.215. The first kappa shape index (κ1) is 15.1. The molecule has 4 nitrogen and oxygen atoms in total. The van der Waals surface area contributed by atoms with Crippen molar-refractivity contribution in [2.24, 2.45) is 5.73 Å². The fraction of sp³-hybridized carbons (Fsp3) is 0.385. The number of aliphatic hydroxyl groups is 1. The molecule has 0 unspecified atom stereocenters. The van der Waals surface area contributed by atoms with Crippen molar-refractivity contribution in [3.8, 4) is 12.3 Å². The minimum absolute atomic E-state index is 0.0206. The Balaban J connectivity index is 5.24. The van der Waals surface area contributed by atoms with Crippen LogP contribution < -0.4 is 5.73 Å². The van der Waals surface area contributed by atoms with Gasteiger partial charge in [0.15, 0.2) is 11.5 Å². The number of rotatable bonds is 6. The number of terminal acetylenes is 1. The van der Waals surface area contributed by atoms with Crippen molar-refractivity contribution in [3.05, 3.63) is 35.5 Å². The zero-order valence-corrected chi connectivity index (χ0v) is 10.5. The molecule has 0 radical (unpaired) electrons. The van der Waals surface area contributed by atoms with Crippen molar-refractivity contribution >= 4 is 0 Å². The van der Waals surface area contributed by atoms with E-state index in [0.29, 0.717) is 11.5 Å². The van der Waals surface area contributed by atoms with Gasteiger partial charge in [0, 0.05) is 18.5 Å².